The van der Waals surface area contributed by atoms with E-state index < -0.39 is 15.8 Å². The van der Waals surface area contributed by atoms with E-state index in [0.717, 1.165) is 3.57 Å². The first-order valence-corrected chi connectivity index (χ1v) is 8.67. The van der Waals surface area contributed by atoms with Gasteiger partial charge in [-0.25, -0.2) is 12.8 Å². The number of rotatable bonds is 4. The molecule has 0 aliphatic heterocycles. The van der Waals surface area contributed by atoms with E-state index in [0.29, 0.717) is 11.3 Å². The summed E-state index contributed by atoms with van der Waals surface area (Å²) in [6.45, 7) is 1.50. The van der Waals surface area contributed by atoms with Crippen LogP contribution in [0.3, 0.4) is 0 Å². The zero-order valence-electron chi connectivity index (χ0n) is 11.2. The Morgan fingerprint density at radius 3 is 2.43 bits per heavy atom. The van der Waals surface area contributed by atoms with Gasteiger partial charge in [0.05, 0.1) is 4.90 Å². The first-order chi connectivity index (χ1) is 9.83. The smallest absolute Gasteiger partial charge is 0.262 e. The zero-order valence-corrected chi connectivity index (χ0v) is 14.2. The molecule has 2 aromatic carbocycles. The summed E-state index contributed by atoms with van der Waals surface area (Å²) in [5.74, 6) is -0.582. The van der Waals surface area contributed by atoms with E-state index in [1.807, 2.05) is 0 Å². The third-order valence-corrected chi connectivity index (χ3v) is 5.20. The fourth-order valence-corrected chi connectivity index (χ4v) is 3.56. The van der Waals surface area contributed by atoms with Crippen LogP contribution >= 0.6 is 22.6 Å². The molecule has 0 amide bonds. The van der Waals surface area contributed by atoms with Crippen LogP contribution in [0.5, 0.6) is 0 Å². The third-order valence-electron chi connectivity index (χ3n) is 2.98. The largest absolute Gasteiger partial charge is 0.326 e. The minimum absolute atomic E-state index is 0.0727. The molecule has 0 spiro atoms. The first-order valence-electron chi connectivity index (χ1n) is 6.11. The van der Waals surface area contributed by atoms with E-state index in [4.69, 9.17) is 5.73 Å². The summed E-state index contributed by atoms with van der Waals surface area (Å²) in [5, 5.41) is 0. The summed E-state index contributed by atoms with van der Waals surface area (Å²) in [7, 11) is -3.86. The molecular formula is C14H14FIN2O2S. The Hall–Kier alpha value is -1.19. The molecule has 21 heavy (non-hydrogen) atoms. The molecule has 0 bridgehead atoms. The van der Waals surface area contributed by atoms with Gasteiger partial charge in [-0.2, -0.15) is 0 Å². The molecule has 0 fully saturated rings. The highest BCUT2D eigenvalue weighted by molar-refractivity contribution is 14.1. The van der Waals surface area contributed by atoms with Crippen molar-refractivity contribution in [2.45, 2.75) is 18.4 Å². The molecule has 112 valence electrons. The number of hydrogen-bond acceptors (Lipinski definition) is 3. The van der Waals surface area contributed by atoms with E-state index >= 15 is 0 Å². The Kier molecular flexibility index (Phi) is 4.84. The van der Waals surface area contributed by atoms with Crippen LogP contribution in [0.1, 0.15) is 11.1 Å². The number of sulfonamides is 1. The van der Waals surface area contributed by atoms with Gasteiger partial charge in [0.25, 0.3) is 10.0 Å². The fourth-order valence-electron chi connectivity index (χ4n) is 1.83. The minimum atomic E-state index is -3.86. The topological polar surface area (TPSA) is 72.2 Å². The second-order valence-electron chi connectivity index (χ2n) is 4.52. The highest BCUT2D eigenvalue weighted by Crippen LogP contribution is 2.23. The number of nitrogens with two attached hydrogens (primary N) is 1. The number of halogens is 2. The summed E-state index contributed by atoms with van der Waals surface area (Å²) in [6.07, 6.45) is 0. The van der Waals surface area contributed by atoms with Gasteiger partial charge in [0.1, 0.15) is 5.82 Å². The molecule has 0 unspecified atom stereocenters. The van der Waals surface area contributed by atoms with Crippen molar-refractivity contribution in [1.82, 2.24) is 0 Å². The van der Waals surface area contributed by atoms with Crippen molar-refractivity contribution in [3.05, 3.63) is 56.9 Å². The number of benzene rings is 2. The molecule has 0 aliphatic rings. The highest BCUT2D eigenvalue weighted by Gasteiger charge is 2.20. The lowest BCUT2D eigenvalue weighted by Crippen LogP contribution is -2.16. The van der Waals surface area contributed by atoms with E-state index in [1.165, 1.54) is 19.1 Å². The molecule has 3 N–H and O–H groups in total. The Morgan fingerprint density at radius 1 is 1.24 bits per heavy atom. The fraction of sp³-hybridized carbons (Fsp3) is 0.143. The van der Waals surface area contributed by atoms with Crippen molar-refractivity contribution in [1.29, 1.82) is 0 Å². The van der Waals surface area contributed by atoms with Crippen molar-refractivity contribution in [2.75, 3.05) is 4.72 Å². The van der Waals surface area contributed by atoms with E-state index in [2.05, 4.69) is 27.3 Å². The van der Waals surface area contributed by atoms with Crippen LogP contribution in [0.15, 0.2) is 41.3 Å². The first kappa shape index (κ1) is 16.2. The molecule has 0 atom stereocenters. The number of anilines is 1. The Morgan fingerprint density at radius 2 is 1.86 bits per heavy atom. The van der Waals surface area contributed by atoms with Gasteiger partial charge in [-0.3, -0.25) is 4.72 Å². The minimum Gasteiger partial charge on any atom is -0.326 e. The molecular weight excluding hydrogens is 406 g/mol. The maximum atomic E-state index is 13.8. The van der Waals surface area contributed by atoms with Crippen LogP contribution in [0.25, 0.3) is 0 Å². The Balaban J connectivity index is 2.44. The maximum absolute atomic E-state index is 13.8. The standard InChI is InChI=1S/C14H14FIN2O2S/c1-9-13(15)6-10(8-17)7-14(9)21(19,20)18-12-4-2-11(16)3-5-12/h2-7,18H,8,17H2,1H3. The number of hydrogen-bond donors (Lipinski definition) is 2. The summed E-state index contributed by atoms with van der Waals surface area (Å²) in [6, 6.07) is 9.51. The van der Waals surface area contributed by atoms with Gasteiger partial charge in [-0.1, -0.05) is 0 Å². The van der Waals surface area contributed by atoms with Gasteiger partial charge in [0.15, 0.2) is 0 Å². The summed E-state index contributed by atoms with van der Waals surface area (Å²) >= 11 is 2.12. The van der Waals surface area contributed by atoms with Crippen molar-refractivity contribution in [3.8, 4) is 0 Å². The Bertz CT molecular complexity index is 761. The third kappa shape index (κ3) is 3.72. The lowest BCUT2D eigenvalue weighted by atomic mass is 10.1. The molecule has 2 aromatic rings. The molecule has 0 radical (unpaired) electrons. The molecule has 0 saturated carbocycles. The SMILES string of the molecule is Cc1c(F)cc(CN)cc1S(=O)(=O)Nc1ccc(I)cc1. The van der Waals surface area contributed by atoms with Crippen LogP contribution in [-0.2, 0) is 16.6 Å². The predicted molar refractivity (Wildman–Crippen MR) is 89.0 cm³/mol. The predicted octanol–water partition coefficient (Wildman–Crippen LogP) is 3.00. The van der Waals surface area contributed by atoms with E-state index in [1.54, 1.807) is 24.3 Å². The molecule has 0 saturated heterocycles. The lowest BCUT2D eigenvalue weighted by molar-refractivity contribution is 0.589. The van der Waals surface area contributed by atoms with Gasteiger partial charge < -0.3 is 5.73 Å². The monoisotopic (exact) mass is 420 g/mol. The van der Waals surface area contributed by atoms with Crippen molar-refractivity contribution in [3.63, 3.8) is 0 Å². The van der Waals surface area contributed by atoms with Crippen LogP contribution in [0, 0.1) is 16.3 Å². The molecule has 0 heterocycles. The van der Waals surface area contributed by atoms with E-state index in [-0.39, 0.29) is 17.0 Å². The van der Waals surface area contributed by atoms with Crippen LogP contribution in [-0.4, -0.2) is 8.42 Å². The molecule has 0 aromatic heterocycles. The quantitative estimate of drug-likeness (QED) is 0.748. The average molecular weight is 420 g/mol. The van der Waals surface area contributed by atoms with Crippen molar-refractivity contribution < 1.29 is 12.8 Å². The van der Waals surface area contributed by atoms with Crippen molar-refractivity contribution >= 4 is 38.3 Å². The maximum Gasteiger partial charge on any atom is 0.262 e. The zero-order chi connectivity index (χ0) is 15.6. The van der Waals surface area contributed by atoms with Crippen LogP contribution in [0.2, 0.25) is 0 Å². The second-order valence-corrected chi connectivity index (χ2v) is 7.41. The number of nitrogens with one attached hydrogen (secondary N) is 1. The average Bonchev–Trinajstić information content (AvgIpc) is 2.43. The van der Waals surface area contributed by atoms with Gasteiger partial charge in [-0.15, -0.1) is 0 Å². The molecule has 0 aliphatic carbocycles. The van der Waals surface area contributed by atoms with Crippen LogP contribution < -0.4 is 10.5 Å². The lowest BCUT2D eigenvalue weighted by Gasteiger charge is -2.12. The van der Waals surface area contributed by atoms with Gasteiger partial charge in [0, 0.05) is 21.4 Å². The molecule has 7 heteroatoms. The summed E-state index contributed by atoms with van der Waals surface area (Å²) in [4.78, 5) is -0.0958. The Labute approximate surface area is 136 Å². The normalized spacial score (nSPS) is 11.4. The summed E-state index contributed by atoms with van der Waals surface area (Å²) < 4.78 is 42.0. The van der Waals surface area contributed by atoms with Crippen molar-refractivity contribution in [2.24, 2.45) is 5.73 Å². The molecule has 2 rings (SSSR count). The van der Waals surface area contributed by atoms with Gasteiger partial charge in [-0.05, 0) is 71.5 Å². The summed E-state index contributed by atoms with van der Waals surface area (Å²) in [5.41, 5.74) is 6.40. The second kappa shape index (κ2) is 6.29. The highest BCUT2D eigenvalue weighted by atomic mass is 127. The van der Waals surface area contributed by atoms with E-state index in [9.17, 15) is 12.8 Å². The van der Waals surface area contributed by atoms with Gasteiger partial charge in [0.2, 0.25) is 0 Å². The van der Waals surface area contributed by atoms with Gasteiger partial charge >= 0.3 is 0 Å². The molecule has 4 nitrogen and oxygen atoms in total. The van der Waals surface area contributed by atoms with Crippen LogP contribution in [0.4, 0.5) is 10.1 Å².